The quantitative estimate of drug-likeness (QED) is 0.478. The van der Waals surface area contributed by atoms with Crippen LogP contribution in [0, 0.1) is 6.92 Å². The second-order valence-corrected chi connectivity index (χ2v) is 9.21. The Morgan fingerprint density at radius 2 is 1.74 bits per heavy atom. The zero-order valence-corrected chi connectivity index (χ0v) is 19.3. The molecule has 8 nitrogen and oxygen atoms in total. The summed E-state index contributed by atoms with van der Waals surface area (Å²) < 4.78 is 0. The summed E-state index contributed by atoms with van der Waals surface area (Å²) in [6.07, 6.45) is 0. The van der Waals surface area contributed by atoms with Crippen molar-refractivity contribution in [2.75, 3.05) is 48.8 Å². The van der Waals surface area contributed by atoms with Crippen LogP contribution in [0.3, 0.4) is 0 Å². The minimum atomic E-state index is 0.404. The number of benzene rings is 1. The molecule has 2 aromatic heterocycles. The summed E-state index contributed by atoms with van der Waals surface area (Å²) in [5, 5.41) is 14.7. The molecule has 0 spiro atoms. The monoisotopic (exact) mass is 438 g/mol. The first-order valence-corrected chi connectivity index (χ1v) is 11.4. The van der Waals surface area contributed by atoms with Gasteiger partial charge in [-0.15, -0.1) is 0 Å². The largest absolute Gasteiger partial charge is 0.383 e. The predicted octanol–water partition coefficient (Wildman–Crippen LogP) is 3.98. The molecule has 3 aromatic rings. The van der Waals surface area contributed by atoms with Crippen molar-refractivity contribution in [2.45, 2.75) is 36.9 Å². The van der Waals surface area contributed by atoms with Crippen LogP contribution in [0.2, 0.25) is 0 Å². The third-order valence-electron chi connectivity index (χ3n) is 5.00. The third-order valence-corrected chi connectivity index (χ3v) is 5.87. The number of likely N-dealkylation sites (N-methyl/N-ethyl adjacent to an activating group) is 1. The summed E-state index contributed by atoms with van der Waals surface area (Å²) in [7, 11) is 2.16. The lowest BCUT2D eigenvalue weighted by Gasteiger charge is -2.33. The van der Waals surface area contributed by atoms with E-state index in [9.17, 15) is 0 Å². The third kappa shape index (κ3) is 5.89. The molecule has 3 N–H and O–H groups in total. The molecule has 4 rings (SSSR count). The van der Waals surface area contributed by atoms with E-state index in [0.717, 1.165) is 65.1 Å². The Morgan fingerprint density at radius 3 is 2.39 bits per heavy atom. The maximum absolute atomic E-state index is 4.87. The molecule has 31 heavy (non-hydrogen) atoms. The highest BCUT2D eigenvalue weighted by Crippen LogP contribution is 2.30. The Morgan fingerprint density at radius 1 is 1.00 bits per heavy atom. The number of nitrogens with zero attached hydrogens (tertiary/aromatic N) is 5. The fourth-order valence-corrected chi connectivity index (χ4v) is 4.16. The predicted molar refractivity (Wildman–Crippen MR) is 128 cm³/mol. The van der Waals surface area contributed by atoms with Crippen molar-refractivity contribution < 1.29 is 0 Å². The molecule has 0 aliphatic carbocycles. The second kappa shape index (κ2) is 9.57. The molecule has 0 atom stereocenters. The number of H-pyrrole nitrogens is 1. The fraction of sp³-hybridized carbons (Fsp3) is 0.409. The van der Waals surface area contributed by atoms with Crippen LogP contribution in [0.5, 0.6) is 0 Å². The average molecular weight is 439 g/mol. The lowest BCUT2D eigenvalue weighted by molar-refractivity contribution is 0.312. The summed E-state index contributed by atoms with van der Waals surface area (Å²) >= 11 is 1.57. The van der Waals surface area contributed by atoms with Crippen molar-refractivity contribution in [3.05, 3.63) is 42.1 Å². The number of aromatic nitrogens is 4. The molecule has 0 saturated carbocycles. The summed E-state index contributed by atoms with van der Waals surface area (Å²) in [6.45, 7) is 10.2. The van der Waals surface area contributed by atoms with E-state index in [1.54, 1.807) is 11.8 Å². The van der Waals surface area contributed by atoms with Gasteiger partial charge in [-0.05, 0) is 63.8 Å². The van der Waals surface area contributed by atoms with E-state index in [-0.39, 0.29) is 0 Å². The number of aryl methyl sites for hydroxylation is 1. The number of aromatic amines is 1. The first-order valence-electron chi connectivity index (χ1n) is 10.6. The van der Waals surface area contributed by atoms with Crippen molar-refractivity contribution in [1.82, 2.24) is 25.1 Å². The molecular weight excluding hydrogens is 408 g/mol. The zero-order valence-electron chi connectivity index (χ0n) is 18.5. The topological polar surface area (TPSA) is 85.0 Å². The number of piperazine rings is 1. The highest BCUT2D eigenvalue weighted by molar-refractivity contribution is 7.99. The van der Waals surface area contributed by atoms with Crippen molar-refractivity contribution in [3.8, 4) is 0 Å². The van der Waals surface area contributed by atoms with Gasteiger partial charge in [-0.3, -0.25) is 5.10 Å². The standard InChI is InChI=1S/C22H30N8S/c1-15(2)23-17-5-7-18(8-6-17)31-22-25-19(24-20-13-16(3)27-28-20)14-21(26-22)30-11-9-29(4)10-12-30/h5-8,13-15,23H,9-12H2,1-4H3,(H2,24,25,26,27,28). The number of hydrogen-bond acceptors (Lipinski definition) is 8. The fourth-order valence-electron chi connectivity index (χ4n) is 3.39. The molecule has 0 unspecified atom stereocenters. The zero-order chi connectivity index (χ0) is 21.8. The molecule has 3 heterocycles. The van der Waals surface area contributed by atoms with Crippen LogP contribution in [0.1, 0.15) is 19.5 Å². The number of rotatable bonds is 7. The van der Waals surface area contributed by atoms with E-state index in [4.69, 9.17) is 9.97 Å². The summed E-state index contributed by atoms with van der Waals surface area (Å²) in [5.41, 5.74) is 2.11. The molecule has 1 fully saturated rings. The number of nitrogens with one attached hydrogen (secondary N) is 3. The molecule has 0 bridgehead atoms. The van der Waals surface area contributed by atoms with Crippen LogP contribution < -0.4 is 15.5 Å². The minimum Gasteiger partial charge on any atom is -0.383 e. The molecule has 0 radical (unpaired) electrons. The summed E-state index contributed by atoms with van der Waals surface area (Å²) in [6, 6.07) is 12.8. The van der Waals surface area contributed by atoms with Crippen LogP contribution in [-0.4, -0.2) is 64.3 Å². The van der Waals surface area contributed by atoms with Gasteiger partial charge in [0.15, 0.2) is 11.0 Å². The van der Waals surface area contributed by atoms with Crippen LogP contribution in [0.4, 0.5) is 23.1 Å². The Hall–Kier alpha value is -2.78. The van der Waals surface area contributed by atoms with E-state index < -0.39 is 0 Å². The van der Waals surface area contributed by atoms with Gasteiger partial charge >= 0.3 is 0 Å². The highest BCUT2D eigenvalue weighted by Gasteiger charge is 2.18. The lowest BCUT2D eigenvalue weighted by atomic mass is 10.3. The molecule has 9 heteroatoms. The Balaban J connectivity index is 1.57. The van der Waals surface area contributed by atoms with Gasteiger partial charge in [-0.25, -0.2) is 9.97 Å². The SMILES string of the molecule is Cc1cc(Nc2cc(N3CCN(C)CC3)nc(Sc3ccc(NC(C)C)cc3)n2)n[nH]1. The van der Waals surface area contributed by atoms with Gasteiger partial charge in [-0.1, -0.05) is 0 Å². The van der Waals surface area contributed by atoms with Gasteiger partial charge < -0.3 is 20.4 Å². The van der Waals surface area contributed by atoms with E-state index in [2.05, 4.69) is 75.8 Å². The smallest absolute Gasteiger partial charge is 0.196 e. The van der Waals surface area contributed by atoms with Crippen LogP contribution in [0.25, 0.3) is 0 Å². The van der Waals surface area contributed by atoms with Crippen molar-refractivity contribution >= 4 is 34.9 Å². The van der Waals surface area contributed by atoms with Gasteiger partial charge in [0.1, 0.15) is 11.6 Å². The van der Waals surface area contributed by atoms with Gasteiger partial charge in [0, 0.05) is 60.6 Å². The van der Waals surface area contributed by atoms with Crippen LogP contribution in [0.15, 0.2) is 46.5 Å². The molecule has 0 amide bonds. The maximum Gasteiger partial charge on any atom is 0.196 e. The first-order chi connectivity index (χ1) is 14.9. The van der Waals surface area contributed by atoms with Crippen molar-refractivity contribution in [3.63, 3.8) is 0 Å². The Kier molecular flexibility index (Phi) is 6.62. The highest BCUT2D eigenvalue weighted by atomic mass is 32.2. The number of hydrogen-bond donors (Lipinski definition) is 3. The van der Waals surface area contributed by atoms with Gasteiger partial charge in [0.25, 0.3) is 0 Å². The van der Waals surface area contributed by atoms with Gasteiger partial charge in [0.05, 0.1) is 0 Å². The number of anilines is 4. The second-order valence-electron chi connectivity index (χ2n) is 8.17. The molecule has 1 aromatic carbocycles. The van der Waals surface area contributed by atoms with Crippen LogP contribution in [-0.2, 0) is 0 Å². The van der Waals surface area contributed by atoms with Gasteiger partial charge in [0.2, 0.25) is 0 Å². The molecule has 1 saturated heterocycles. The molecule has 164 valence electrons. The summed E-state index contributed by atoms with van der Waals surface area (Å²) in [5.74, 6) is 2.44. The molecule has 1 aliphatic rings. The lowest BCUT2D eigenvalue weighted by Crippen LogP contribution is -2.44. The van der Waals surface area contributed by atoms with E-state index in [1.807, 2.05) is 19.1 Å². The Labute approximate surface area is 187 Å². The first kappa shape index (κ1) is 21.5. The maximum atomic E-state index is 4.87. The van der Waals surface area contributed by atoms with Crippen molar-refractivity contribution in [1.29, 1.82) is 0 Å². The minimum absolute atomic E-state index is 0.404. The molecule has 1 aliphatic heterocycles. The normalized spacial score (nSPS) is 14.8. The van der Waals surface area contributed by atoms with Gasteiger partial charge in [-0.2, -0.15) is 5.10 Å². The van der Waals surface area contributed by atoms with E-state index in [1.165, 1.54) is 0 Å². The van der Waals surface area contributed by atoms with E-state index in [0.29, 0.717) is 6.04 Å². The average Bonchev–Trinajstić information content (AvgIpc) is 3.14. The molecular formula is C22H30N8S. The van der Waals surface area contributed by atoms with Crippen LogP contribution >= 0.6 is 11.8 Å². The Bertz CT molecular complexity index is 993. The summed E-state index contributed by atoms with van der Waals surface area (Å²) in [4.78, 5) is 15.4. The van der Waals surface area contributed by atoms with E-state index >= 15 is 0 Å². The van der Waals surface area contributed by atoms with Crippen molar-refractivity contribution in [2.24, 2.45) is 0 Å².